The quantitative estimate of drug-likeness (QED) is 0.180. The summed E-state index contributed by atoms with van der Waals surface area (Å²) in [7, 11) is 0. The molecule has 3 aromatic carbocycles. The first-order valence-electron chi connectivity index (χ1n) is 13.8. The molecule has 5 rings (SSSR count). The zero-order valence-electron chi connectivity index (χ0n) is 23.5. The molecule has 0 aliphatic heterocycles. The number of amidine groups is 1. The van der Waals surface area contributed by atoms with Gasteiger partial charge in [-0.15, -0.1) is 0 Å². The molecule has 0 atom stereocenters. The first-order chi connectivity index (χ1) is 19.0. The number of hydrogen-bond donors (Lipinski definition) is 4. The molecule has 1 saturated carbocycles. The van der Waals surface area contributed by atoms with Crippen molar-refractivity contribution in [3.05, 3.63) is 83.6 Å². The topological polar surface area (TPSA) is 136 Å². The summed E-state index contributed by atoms with van der Waals surface area (Å²) in [5, 5.41) is 14.5. The molecule has 0 unspecified atom stereocenters. The van der Waals surface area contributed by atoms with Crippen LogP contribution in [0.3, 0.4) is 0 Å². The number of nitrogen functional groups attached to an aromatic ring is 1. The van der Waals surface area contributed by atoms with Crippen molar-refractivity contribution < 1.29 is 14.3 Å². The highest BCUT2D eigenvalue weighted by Gasteiger charge is 2.21. The second-order valence-electron chi connectivity index (χ2n) is 11.3. The number of hydrogen-bond acceptors (Lipinski definition) is 4. The fraction of sp³-hybridized carbons (Fsp3) is 0.344. The number of nitrogens with zero attached hydrogens (tertiary/aromatic N) is 1. The highest BCUT2D eigenvalue weighted by Crippen LogP contribution is 2.27. The van der Waals surface area contributed by atoms with Gasteiger partial charge < -0.3 is 26.1 Å². The Labute approximate surface area is 235 Å². The van der Waals surface area contributed by atoms with Gasteiger partial charge in [-0.25, -0.2) is 4.79 Å². The largest absolute Gasteiger partial charge is 0.444 e. The van der Waals surface area contributed by atoms with Crippen LogP contribution in [0, 0.1) is 5.41 Å². The summed E-state index contributed by atoms with van der Waals surface area (Å²) < 4.78 is 6.65. The van der Waals surface area contributed by atoms with Gasteiger partial charge in [-0.1, -0.05) is 73.9 Å². The van der Waals surface area contributed by atoms with Crippen molar-refractivity contribution in [3.63, 3.8) is 0 Å². The van der Waals surface area contributed by atoms with Gasteiger partial charge in [0.15, 0.2) is 0 Å². The van der Waals surface area contributed by atoms with Gasteiger partial charge in [0.2, 0.25) is 0 Å². The van der Waals surface area contributed by atoms with Gasteiger partial charge in [0.25, 0.3) is 5.91 Å². The number of ether oxygens (including phenoxy) is 1. The minimum atomic E-state index is -0.725. The molecule has 210 valence electrons. The summed E-state index contributed by atoms with van der Waals surface area (Å²) in [5.41, 5.74) is 13.4. The van der Waals surface area contributed by atoms with Crippen LogP contribution in [0.2, 0.25) is 0 Å². The van der Waals surface area contributed by atoms with Crippen LogP contribution in [-0.4, -0.2) is 34.0 Å². The first-order valence-corrected chi connectivity index (χ1v) is 13.8. The predicted molar refractivity (Wildman–Crippen MR) is 161 cm³/mol. The number of carbonyl (C=O) groups is 2. The maximum Gasteiger partial charge on any atom is 0.405 e. The number of fused-ring (bicyclic) bond motifs is 2. The van der Waals surface area contributed by atoms with Crippen LogP contribution in [-0.2, 0) is 11.3 Å². The van der Waals surface area contributed by atoms with E-state index in [1.54, 1.807) is 20.8 Å². The van der Waals surface area contributed by atoms with E-state index < -0.39 is 11.7 Å². The third kappa shape index (κ3) is 7.20. The summed E-state index contributed by atoms with van der Waals surface area (Å²) in [6.07, 6.45) is 4.96. The standard InChI is InChI=1S/C27H28N4O.C5H11NO2/c28-26(29)20-14-13-19-15-25(27(32)30-22-10-2-1-3-11-22)31(24(19)16-20)17-21-9-6-8-18-7-4-5-12-23(18)21;1-5(2,3)8-4(6)7/h4-9,12-16,22H,1-3,10-11,17H2,(H3,28,29)(H,30,32);1-3H3,(H2,6,7). The van der Waals surface area contributed by atoms with Crippen molar-refractivity contribution in [3.8, 4) is 0 Å². The molecule has 8 nitrogen and oxygen atoms in total. The zero-order chi connectivity index (χ0) is 28.9. The summed E-state index contributed by atoms with van der Waals surface area (Å²) in [6, 6.07) is 22.5. The van der Waals surface area contributed by atoms with Crippen molar-refractivity contribution in [1.29, 1.82) is 5.41 Å². The molecule has 1 aromatic heterocycles. The van der Waals surface area contributed by atoms with E-state index in [0.29, 0.717) is 17.8 Å². The molecule has 0 spiro atoms. The van der Waals surface area contributed by atoms with Crippen LogP contribution in [0.4, 0.5) is 4.79 Å². The third-order valence-corrected chi connectivity index (χ3v) is 7.00. The second kappa shape index (κ2) is 12.2. The molecule has 2 amide bonds. The molecular formula is C32H39N5O3. The van der Waals surface area contributed by atoms with Gasteiger partial charge in [-0.05, 0) is 62.1 Å². The fourth-order valence-corrected chi connectivity index (χ4v) is 5.19. The lowest BCUT2D eigenvalue weighted by atomic mass is 9.95. The molecule has 6 N–H and O–H groups in total. The van der Waals surface area contributed by atoms with Crippen molar-refractivity contribution >= 4 is 39.5 Å². The monoisotopic (exact) mass is 541 g/mol. The molecule has 8 heteroatoms. The van der Waals surface area contributed by atoms with Crippen molar-refractivity contribution in [2.75, 3.05) is 0 Å². The number of aromatic nitrogens is 1. The third-order valence-electron chi connectivity index (χ3n) is 7.00. The second-order valence-corrected chi connectivity index (χ2v) is 11.3. The Morgan fingerprint density at radius 3 is 2.30 bits per heavy atom. The molecular weight excluding hydrogens is 502 g/mol. The number of benzene rings is 3. The molecule has 1 aliphatic rings. The average molecular weight is 542 g/mol. The van der Waals surface area contributed by atoms with Crippen LogP contribution < -0.4 is 16.8 Å². The van der Waals surface area contributed by atoms with Crippen molar-refractivity contribution in [1.82, 2.24) is 9.88 Å². The number of amides is 2. The Hall–Kier alpha value is -4.33. The molecule has 0 radical (unpaired) electrons. The van der Waals surface area contributed by atoms with Gasteiger partial charge in [0.1, 0.15) is 17.1 Å². The Morgan fingerprint density at radius 2 is 1.65 bits per heavy atom. The molecule has 1 heterocycles. The van der Waals surface area contributed by atoms with Gasteiger partial charge in [0, 0.05) is 29.1 Å². The van der Waals surface area contributed by atoms with E-state index in [1.165, 1.54) is 30.0 Å². The number of nitrogens with one attached hydrogen (secondary N) is 2. The Balaban J connectivity index is 0.000000406. The van der Waals surface area contributed by atoms with E-state index >= 15 is 0 Å². The minimum Gasteiger partial charge on any atom is -0.444 e. The van der Waals surface area contributed by atoms with Gasteiger partial charge in [-0.3, -0.25) is 10.2 Å². The highest BCUT2D eigenvalue weighted by atomic mass is 16.6. The van der Waals surface area contributed by atoms with E-state index in [4.69, 9.17) is 16.9 Å². The smallest absolute Gasteiger partial charge is 0.405 e. The van der Waals surface area contributed by atoms with Gasteiger partial charge in [-0.2, -0.15) is 0 Å². The Kier molecular flexibility index (Phi) is 8.77. The maximum atomic E-state index is 13.4. The highest BCUT2D eigenvalue weighted by molar-refractivity contribution is 6.02. The van der Waals surface area contributed by atoms with Crippen molar-refractivity contribution in [2.45, 2.75) is 71.1 Å². The Bertz CT molecular complexity index is 1520. The SMILES string of the molecule is CC(C)(C)OC(N)=O.N=C(N)c1ccc2cc(C(=O)NC3CCCCC3)n(Cc3cccc4ccccc34)c2c1. The minimum absolute atomic E-state index is 0.0259. The van der Waals surface area contributed by atoms with Crippen LogP contribution >= 0.6 is 0 Å². The first kappa shape index (κ1) is 28.7. The summed E-state index contributed by atoms with van der Waals surface area (Å²) >= 11 is 0. The number of rotatable bonds is 5. The lowest BCUT2D eigenvalue weighted by Gasteiger charge is -2.23. The van der Waals surface area contributed by atoms with Crippen LogP contribution in [0.25, 0.3) is 21.7 Å². The van der Waals surface area contributed by atoms with Crippen LogP contribution in [0.15, 0.2) is 66.7 Å². The molecule has 1 fully saturated rings. The predicted octanol–water partition coefficient (Wildman–Crippen LogP) is 6.07. The van der Waals surface area contributed by atoms with Gasteiger partial charge in [0.05, 0.1) is 0 Å². The van der Waals surface area contributed by atoms with E-state index in [2.05, 4.69) is 45.0 Å². The number of nitrogens with two attached hydrogens (primary N) is 2. The molecule has 4 aromatic rings. The fourth-order valence-electron chi connectivity index (χ4n) is 5.19. The van der Waals surface area contributed by atoms with Gasteiger partial charge >= 0.3 is 6.09 Å². The molecule has 0 bridgehead atoms. The Morgan fingerprint density at radius 1 is 0.950 bits per heavy atom. The normalized spacial score (nSPS) is 13.9. The average Bonchev–Trinajstić information content (AvgIpc) is 3.26. The lowest BCUT2D eigenvalue weighted by Crippen LogP contribution is -2.37. The van der Waals surface area contributed by atoms with E-state index in [1.807, 2.05) is 36.4 Å². The summed E-state index contributed by atoms with van der Waals surface area (Å²) in [4.78, 5) is 23.4. The summed E-state index contributed by atoms with van der Waals surface area (Å²) in [5.74, 6) is -0.00395. The van der Waals surface area contributed by atoms with Crippen molar-refractivity contribution in [2.24, 2.45) is 11.5 Å². The van der Waals surface area contributed by atoms with E-state index in [-0.39, 0.29) is 17.8 Å². The zero-order valence-corrected chi connectivity index (χ0v) is 23.5. The van der Waals surface area contributed by atoms with Crippen LogP contribution in [0.1, 0.15) is 74.5 Å². The molecule has 1 aliphatic carbocycles. The van der Waals surface area contributed by atoms with Crippen LogP contribution in [0.5, 0.6) is 0 Å². The molecule has 40 heavy (non-hydrogen) atoms. The molecule has 0 saturated heterocycles. The maximum absolute atomic E-state index is 13.4. The lowest BCUT2D eigenvalue weighted by molar-refractivity contribution is 0.0599. The van der Waals surface area contributed by atoms with E-state index in [0.717, 1.165) is 29.3 Å². The number of carbonyl (C=O) groups excluding carboxylic acids is 2. The van der Waals surface area contributed by atoms with E-state index in [9.17, 15) is 9.59 Å². The number of primary amides is 1. The summed E-state index contributed by atoms with van der Waals surface area (Å²) in [6.45, 7) is 5.85.